The van der Waals surface area contributed by atoms with Gasteiger partial charge in [0.05, 0.1) is 0 Å². The summed E-state index contributed by atoms with van der Waals surface area (Å²) in [4.78, 5) is 13.8. The lowest BCUT2D eigenvalue weighted by molar-refractivity contribution is 0.250. The van der Waals surface area contributed by atoms with E-state index in [4.69, 9.17) is 0 Å². The van der Waals surface area contributed by atoms with Crippen LogP contribution in [0.1, 0.15) is 11.4 Å². The molecule has 2 heterocycles. The molecule has 0 unspecified atom stereocenters. The Morgan fingerprint density at radius 2 is 2.21 bits per heavy atom. The Bertz CT molecular complexity index is 738. The maximum atomic E-state index is 13.3. The third-order valence-corrected chi connectivity index (χ3v) is 4.61. The van der Waals surface area contributed by atoms with Crippen LogP contribution in [0.2, 0.25) is 0 Å². The zero-order valence-corrected chi connectivity index (χ0v) is 13.9. The molecule has 9 heteroatoms. The minimum Gasteiger partial charge on any atom is -0.371 e. The number of aryl methyl sites for hydroxylation is 1. The van der Waals surface area contributed by atoms with E-state index >= 15 is 0 Å². The second kappa shape index (κ2) is 7.08. The molecule has 1 aliphatic heterocycles. The van der Waals surface area contributed by atoms with Crippen molar-refractivity contribution < 1.29 is 13.6 Å². The first-order valence-corrected chi connectivity index (χ1v) is 8.38. The number of hydrogen-bond donors (Lipinski definition) is 2. The monoisotopic (exact) mass is 353 g/mol. The van der Waals surface area contributed by atoms with Gasteiger partial charge in [-0.15, -0.1) is 10.2 Å². The molecule has 0 bridgehead atoms. The molecule has 24 heavy (non-hydrogen) atoms. The SMILES string of the molecule is Cc1nnc(NC(=O)NC[C@@H]2CCN(c3ccc(F)c(F)c3)C2)s1. The number of hydrogen-bond acceptors (Lipinski definition) is 5. The number of nitrogens with zero attached hydrogens (tertiary/aromatic N) is 3. The Labute approximate surface area is 141 Å². The maximum absolute atomic E-state index is 13.3. The highest BCUT2D eigenvalue weighted by Crippen LogP contribution is 2.25. The molecule has 6 nitrogen and oxygen atoms in total. The number of nitrogens with one attached hydrogen (secondary N) is 2. The first-order valence-electron chi connectivity index (χ1n) is 7.56. The molecule has 1 aromatic carbocycles. The fourth-order valence-electron chi connectivity index (χ4n) is 2.64. The van der Waals surface area contributed by atoms with Gasteiger partial charge < -0.3 is 10.2 Å². The second-order valence-electron chi connectivity index (χ2n) is 5.66. The highest BCUT2D eigenvalue weighted by atomic mass is 32.1. The number of benzene rings is 1. The van der Waals surface area contributed by atoms with Gasteiger partial charge in [0.15, 0.2) is 11.6 Å². The molecule has 1 saturated heterocycles. The Balaban J connectivity index is 1.47. The molecule has 1 aromatic heterocycles. The molecule has 128 valence electrons. The molecule has 0 spiro atoms. The largest absolute Gasteiger partial charge is 0.371 e. The molecule has 2 N–H and O–H groups in total. The van der Waals surface area contributed by atoms with Crippen molar-refractivity contribution in [2.45, 2.75) is 13.3 Å². The topological polar surface area (TPSA) is 70.1 Å². The summed E-state index contributed by atoms with van der Waals surface area (Å²) in [6.45, 7) is 3.74. The van der Waals surface area contributed by atoms with Crippen LogP contribution in [0.25, 0.3) is 0 Å². The van der Waals surface area contributed by atoms with Gasteiger partial charge in [-0.2, -0.15) is 0 Å². The predicted octanol–water partition coefficient (Wildman–Crippen LogP) is 2.77. The predicted molar refractivity (Wildman–Crippen MR) is 88.3 cm³/mol. The summed E-state index contributed by atoms with van der Waals surface area (Å²) in [7, 11) is 0. The van der Waals surface area contributed by atoms with E-state index in [0.29, 0.717) is 23.9 Å². The van der Waals surface area contributed by atoms with Gasteiger partial charge in [0.2, 0.25) is 5.13 Å². The Morgan fingerprint density at radius 1 is 1.38 bits per heavy atom. The first kappa shape index (κ1) is 16.6. The number of urea groups is 1. The van der Waals surface area contributed by atoms with E-state index in [1.807, 2.05) is 11.8 Å². The van der Waals surface area contributed by atoms with Gasteiger partial charge in [-0.25, -0.2) is 13.6 Å². The quantitative estimate of drug-likeness (QED) is 0.887. The molecule has 1 atom stereocenters. The summed E-state index contributed by atoms with van der Waals surface area (Å²) < 4.78 is 26.3. The first-order chi connectivity index (χ1) is 11.5. The number of aromatic nitrogens is 2. The van der Waals surface area contributed by atoms with Crippen LogP contribution in [0.5, 0.6) is 0 Å². The third kappa shape index (κ3) is 3.97. The number of anilines is 2. The summed E-state index contributed by atoms with van der Waals surface area (Å²) in [5.74, 6) is -1.44. The Morgan fingerprint density at radius 3 is 2.92 bits per heavy atom. The minimum absolute atomic E-state index is 0.250. The highest BCUT2D eigenvalue weighted by Gasteiger charge is 2.23. The van der Waals surface area contributed by atoms with Crippen molar-refractivity contribution in [3.8, 4) is 0 Å². The zero-order valence-electron chi connectivity index (χ0n) is 13.1. The van der Waals surface area contributed by atoms with Gasteiger partial charge >= 0.3 is 6.03 Å². The van der Waals surface area contributed by atoms with E-state index in [0.717, 1.165) is 24.0 Å². The van der Waals surface area contributed by atoms with Crippen molar-refractivity contribution >= 4 is 28.2 Å². The summed E-state index contributed by atoms with van der Waals surface area (Å²) >= 11 is 1.31. The highest BCUT2D eigenvalue weighted by molar-refractivity contribution is 7.15. The molecule has 0 saturated carbocycles. The average molecular weight is 353 g/mol. The lowest BCUT2D eigenvalue weighted by Crippen LogP contribution is -2.34. The molecule has 2 aromatic rings. The standard InChI is InChI=1S/C15H17F2N5OS/c1-9-20-21-15(24-9)19-14(23)18-7-10-4-5-22(8-10)11-2-3-12(16)13(17)6-11/h2-3,6,10H,4-5,7-8H2,1H3,(H2,18,19,21,23)/t10-/m0/s1. The summed E-state index contributed by atoms with van der Waals surface area (Å²) in [5, 5.41) is 14.3. The van der Waals surface area contributed by atoms with Gasteiger partial charge in [0.1, 0.15) is 5.01 Å². The van der Waals surface area contributed by atoms with E-state index in [1.54, 1.807) is 6.07 Å². The smallest absolute Gasteiger partial charge is 0.321 e. The van der Waals surface area contributed by atoms with Crippen molar-refractivity contribution in [2.24, 2.45) is 5.92 Å². The second-order valence-corrected chi connectivity index (χ2v) is 6.84. The fraction of sp³-hybridized carbons (Fsp3) is 0.400. The van der Waals surface area contributed by atoms with Crippen LogP contribution in [0.4, 0.5) is 24.4 Å². The summed E-state index contributed by atoms with van der Waals surface area (Å²) in [6.07, 6.45) is 0.872. The summed E-state index contributed by atoms with van der Waals surface area (Å²) in [5.41, 5.74) is 0.658. The Kier molecular flexibility index (Phi) is 4.89. The van der Waals surface area contributed by atoms with Crippen LogP contribution in [0.3, 0.4) is 0 Å². The van der Waals surface area contributed by atoms with Gasteiger partial charge in [-0.05, 0) is 31.4 Å². The fourth-order valence-corrected chi connectivity index (χ4v) is 3.23. The normalized spacial score (nSPS) is 17.1. The third-order valence-electron chi connectivity index (χ3n) is 3.85. The lowest BCUT2D eigenvalue weighted by Gasteiger charge is -2.19. The maximum Gasteiger partial charge on any atom is 0.321 e. The molecule has 1 aliphatic rings. The number of carbonyl (C=O) groups excluding carboxylic acids is 1. The lowest BCUT2D eigenvalue weighted by atomic mass is 10.1. The van der Waals surface area contributed by atoms with Crippen molar-refractivity contribution in [1.82, 2.24) is 15.5 Å². The van der Waals surface area contributed by atoms with Crippen LogP contribution in [-0.2, 0) is 0 Å². The molecular weight excluding hydrogens is 336 g/mol. The van der Waals surface area contributed by atoms with Gasteiger partial charge in [-0.3, -0.25) is 5.32 Å². The number of halogens is 2. The molecule has 2 amide bonds. The van der Waals surface area contributed by atoms with Crippen LogP contribution in [0, 0.1) is 24.5 Å². The molecular formula is C15H17F2N5OS. The van der Waals surface area contributed by atoms with E-state index in [2.05, 4.69) is 20.8 Å². The van der Waals surface area contributed by atoms with Crippen LogP contribution < -0.4 is 15.5 Å². The van der Waals surface area contributed by atoms with Crippen LogP contribution in [-0.4, -0.2) is 35.9 Å². The van der Waals surface area contributed by atoms with Crippen molar-refractivity contribution in [3.05, 3.63) is 34.8 Å². The molecule has 3 rings (SSSR count). The van der Waals surface area contributed by atoms with Crippen molar-refractivity contribution in [3.63, 3.8) is 0 Å². The average Bonchev–Trinajstić information content (AvgIpc) is 3.17. The molecule has 0 aliphatic carbocycles. The minimum atomic E-state index is -0.847. The van der Waals surface area contributed by atoms with Gasteiger partial charge in [0, 0.05) is 31.4 Å². The van der Waals surface area contributed by atoms with Crippen LogP contribution >= 0.6 is 11.3 Å². The van der Waals surface area contributed by atoms with E-state index in [1.165, 1.54) is 17.4 Å². The zero-order chi connectivity index (χ0) is 17.1. The Hall–Kier alpha value is -2.29. The number of amides is 2. The van der Waals surface area contributed by atoms with Gasteiger partial charge in [-0.1, -0.05) is 11.3 Å². The van der Waals surface area contributed by atoms with Crippen molar-refractivity contribution in [2.75, 3.05) is 29.9 Å². The molecule has 0 radical (unpaired) electrons. The number of rotatable bonds is 4. The molecule has 1 fully saturated rings. The van der Waals surface area contributed by atoms with Gasteiger partial charge in [0.25, 0.3) is 0 Å². The number of carbonyl (C=O) groups is 1. The van der Waals surface area contributed by atoms with E-state index < -0.39 is 11.6 Å². The van der Waals surface area contributed by atoms with Crippen molar-refractivity contribution in [1.29, 1.82) is 0 Å². The van der Waals surface area contributed by atoms with E-state index in [-0.39, 0.29) is 11.9 Å². The van der Waals surface area contributed by atoms with E-state index in [9.17, 15) is 13.6 Å². The summed E-state index contributed by atoms with van der Waals surface area (Å²) in [6, 6.07) is 3.58. The van der Waals surface area contributed by atoms with Crippen LogP contribution in [0.15, 0.2) is 18.2 Å².